The average Bonchev–Trinajstić information content (AvgIpc) is 2.11. The zero-order valence-electron chi connectivity index (χ0n) is 8.20. The molecule has 1 aliphatic heterocycles. The highest BCUT2D eigenvalue weighted by Gasteiger charge is 2.31. The quantitative estimate of drug-likeness (QED) is 0.563. The van der Waals surface area contributed by atoms with Crippen molar-refractivity contribution in [1.29, 1.82) is 0 Å². The molecule has 1 aliphatic rings. The van der Waals surface area contributed by atoms with Crippen LogP contribution in [0.25, 0.3) is 0 Å². The summed E-state index contributed by atoms with van der Waals surface area (Å²) in [4.78, 5) is 45.0. The zero-order valence-corrected chi connectivity index (χ0v) is 8.20. The first-order valence-corrected chi connectivity index (χ1v) is 4.45. The van der Waals surface area contributed by atoms with Crippen LogP contribution in [0.2, 0.25) is 0 Å². The Bertz CT molecular complexity index is 306. The normalized spacial score (nSPS) is 16.3. The summed E-state index contributed by atoms with van der Waals surface area (Å²) in [7, 11) is 0. The largest absolute Gasteiger partial charge is 0.355 e. The first-order chi connectivity index (χ1) is 7.04. The van der Waals surface area contributed by atoms with Crippen LogP contribution in [0, 0.1) is 0 Å². The SMILES string of the molecule is CCNC(=O)CN1C(=O)CC(=O)NC1=O. The third kappa shape index (κ3) is 2.76. The minimum absolute atomic E-state index is 0.355. The van der Waals surface area contributed by atoms with Gasteiger partial charge < -0.3 is 5.32 Å². The number of nitrogens with one attached hydrogen (secondary N) is 2. The Kier molecular flexibility index (Phi) is 3.37. The number of rotatable bonds is 3. The molecule has 2 N–H and O–H groups in total. The number of imide groups is 2. The first-order valence-electron chi connectivity index (χ1n) is 4.45. The number of carbonyl (C=O) groups is 4. The molecule has 1 saturated heterocycles. The molecule has 0 aromatic carbocycles. The molecule has 1 heterocycles. The van der Waals surface area contributed by atoms with Gasteiger partial charge in [-0.15, -0.1) is 0 Å². The van der Waals surface area contributed by atoms with Crippen LogP contribution < -0.4 is 10.6 Å². The number of nitrogens with zero attached hydrogens (tertiary/aromatic N) is 1. The van der Waals surface area contributed by atoms with Gasteiger partial charge in [0.05, 0.1) is 0 Å². The van der Waals surface area contributed by atoms with Crippen molar-refractivity contribution in [3.8, 4) is 0 Å². The van der Waals surface area contributed by atoms with Crippen molar-refractivity contribution in [2.75, 3.05) is 13.1 Å². The molecule has 5 amide bonds. The van der Waals surface area contributed by atoms with Gasteiger partial charge in [-0.25, -0.2) is 4.79 Å². The van der Waals surface area contributed by atoms with Crippen LogP contribution in [-0.2, 0) is 14.4 Å². The van der Waals surface area contributed by atoms with Crippen molar-refractivity contribution in [2.45, 2.75) is 13.3 Å². The van der Waals surface area contributed by atoms with E-state index in [-0.39, 0.29) is 6.54 Å². The summed E-state index contributed by atoms with van der Waals surface area (Å²) in [5.74, 6) is -1.73. The molecule has 0 bridgehead atoms. The van der Waals surface area contributed by atoms with Crippen LogP contribution in [0.3, 0.4) is 0 Å². The van der Waals surface area contributed by atoms with Crippen LogP contribution in [-0.4, -0.2) is 41.7 Å². The summed E-state index contributed by atoms with van der Waals surface area (Å²) in [5, 5.41) is 4.40. The lowest BCUT2D eigenvalue weighted by atomic mass is 10.3. The molecule has 1 fully saturated rings. The third-order valence-corrected chi connectivity index (χ3v) is 1.78. The predicted octanol–water partition coefficient (Wildman–Crippen LogP) is -1.41. The lowest BCUT2D eigenvalue weighted by Gasteiger charge is -2.23. The molecular weight excluding hydrogens is 202 g/mol. The molecule has 0 saturated carbocycles. The van der Waals surface area contributed by atoms with Crippen LogP contribution >= 0.6 is 0 Å². The van der Waals surface area contributed by atoms with Gasteiger partial charge in [0.2, 0.25) is 17.7 Å². The second-order valence-corrected chi connectivity index (χ2v) is 2.96. The molecule has 15 heavy (non-hydrogen) atoms. The number of amides is 5. The fourth-order valence-corrected chi connectivity index (χ4v) is 1.13. The maximum atomic E-state index is 11.2. The number of likely N-dealkylation sites (N-methyl/N-ethyl adjacent to an activating group) is 1. The van der Waals surface area contributed by atoms with Crippen molar-refractivity contribution in [2.24, 2.45) is 0 Å². The summed E-state index contributed by atoms with van der Waals surface area (Å²) < 4.78 is 0. The van der Waals surface area contributed by atoms with Crippen LogP contribution in [0.4, 0.5) is 4.79 Å². The van der Waals surface area contributed by atoms with E-state index in [1.54, 1.807) is 6.92 Å². The molecule has 7 nitrogen and oxygen atoms in total. The van der Waals surface area contributed by atoms with Crippen molar-refractivity contribution in [1.82, 2.24) is 15.5 Å². The number of hydrogen-bond acceptors (Lipinski definition) is 4. The lowest BCUT2D eigenvalue weighted by molar-refractivity contribution is -0.139. The standard InChI is InChI=1S/C8H11N3O4/c1-2-9-6(13)4-11-7(14)3-5(12)10-8(11)15/h2-4H2,1H3,(H,9,13)(H,10,12,15). The van der Waals surface area contributed by atoms with Gasteiger partial charge in [0.1, 0.15) is 13.0 Å². The summed E-state index contributed by atoms with van der Waals surface area (Å²) in [6, 6.07) is -0.845. The molecular formula is C8H11N3O4. The molecule has 0 unspecified atom stereocenters. The Morgan fingerprint density at radius 3 is 2.67 bits per heavy atom. The molecule has 0 aromatic rings. The Labute approximate surface area is 85.8 Å². The molecule has 1 rings (SSSR count). The van der Waals surface area contributed by atoms with Gasteiger partial charge in [-0.05, 0) is 6.92 Å². The smallest absolute Gasteiger partial charge is 0.331 e. The topological polar surface area (TPSA) is 95.6 Å². The number of urea groups is 1. The summed E-state index contributed by atoms with van der Waals surface area (Å²) in [6.07, 6.45) is -0.398. The van der Waals surface area contributed by atoms with Crippen molar-refractivity contribution < 1.29 is 19.2 Å². The lowest BCUT2D eigenvalue weighted by Crippen LogP contribution is -2.55. The highest BCUT2D eigenvalue weighted by Crippen LogP contribution is 2.01. The Balaban J connectivity index is 2.60. The Morgan fingerprint density at radius 2 is 2.13 bits per heavy atom. The van der Waals surface area contributed by atoms with E-state index in [1.165, 1.54) is 0 Å². The maximum absolute atomic E-state index is 11.2. The van der Waals surface area contributed by atoms with E-state index in [2.05, 4.69) is 5.32 Å². The highest BCUT2D eigenvalue weighted by molar-refractivity contribution is 6.15. The minimum Gasteiger partial charge on any atom is -0.355 e. The number of hydrogen-bond donors (Lipinski definition) is 2. The Hall–Kier alpha value is -1.92. The first kappa shape index (κ1) is 11.2. The van der Waals surface area contributed by atoms with E-state index in [1.807, 2.05) is 5.32 Å². The third-order valence-electron chi connectivity index (χ3n) is 1.78. The summed E-state index contributed by atoms with van der Waals surface area (Å²) >= 11 is 0. The zero-order chi connectivity index (χ0) is 11.4. The van der Waals surface area contributed by atoms with E-state index in [9.17, 15) is 19.2 Å². The summed E-state index contributed by atoms with van der Waals surface area (Å²) in [6.45, 7) is 1.78. The highest BCUT2D eigenvalue weighted by atomic mass is 16.2. The van der Waals surface area contributed by atoms with Gasteiger partial charge in [-0.2, -0.15) is 0 Å². The van der Waals surface area contributed by atoms with Gasteiger partial charge in [0.15, 0.2) is 0 Å². The average molecular weight is 213 g/mol. The predicted molar refractivity (Wildman–Crippen MR) is 48.6 cm³/mol. The van der Waals surface area contributed by atoms with E-state index in [4.69, 9.17) is 0 Å². The molecule has 0 radical (unpaired) electrons. The second-order valence-electron chi connectivity index (χ2n) is 2.96. The van der Waals surface area contributed by atoms with Gasteiger partial charge >= 0.3 is 6.03 Å². The van der Waals surface area contributed by atoms with Crippen LogP contribution in [0.15, 0.2) is 0 Å². The second kappa shape index (κ2) is 4.54. The van der Waals surface area contributed by atoms with Crippen LogP contribution in [0.1, 0.15) is 13.3 Å². The van der Waals surface area contributed by atoms with Gasteiger partial charge in [-0.3, -0.25) is 24.6 Å². The molecule has 82 valence electrons. The van der Waals surface area contributed by atoms with Crippen LogP contribution in [0.5, 0.6) is 0 Å². The summed E-state index contributed by atoms with van der Waals surface area (Å²) in [5.41, 5.74) is 0. The van der Waals surface area contributed by atoms with Gasteiger partial charge in [-0.1, -0.05) is 0 Å². The molecule has 7 heteroatoms. The Morgan fingerprint density at radius 1 is 1.47 bits per heavy atom. The minimum atomic E-state index is -0.845. The fraction of sp³-hybridized carbons (Fsp3) is 0.500. The monoisotopic (exact) mass is 213 g/mol. The van der Waals surface area contributed by atoms with Gasteiger partial charge in [0.25, 0.3) is 0 Å². The molecule has 0 aromatic heterocycles. The van der Waals surface area contributed by atoms with Crippen molar-refractivity contribution in [3.63, 3.8) is 0 Å². The fourth-order valence-electron chi connectivity index (χ4n) is 1.13. The molecule has 0 spiro atoms. The van der Waals surface area contributed by atoms with Gasteiger partial charge in [0, 0.05) is 6.54 Å². The molecule has 0 atom stereocenters. The van der Waals surface area contributed by atoms with E-state index >= 15 is 0 Å². The number of carbonyl (C=O) groups excluding carboxylic acids is 4. The van der Waals surface area contributed by atoms with E-state index in [0.717, 1.165) is 0 Å². The van der Waals surface area contributed by atoms with Crippen molar-refractivity contribution >= 4 is 23.8 Å². The molecule has 0 aliphatic carbocycles. The van der Waals surface area contributed by atoms with E-state index < -0.39 is 30.2 Å². The maximum Gasteiger partial charge on any atom is 0.331 e. The number of barbiturate groups is 1. The van der Waals surface area contributed by atoms with E-state index in [0.29, 0.717) is 11.4 Å². The van der Waals surface area contributed by atoms with Crippen molar-refractivity contribution in [3.05, 3.63) is 0 Å².